The average molecular weight is 415 g/mol. The molecule has 1 unspecified atom stereocenters. The third-order valence-corrected chi connectivity index (χ3v) is 7.58. The molecule has 0 N–H and O–H groups in total. The molecule has 7 nitrogen and oxygen atoms in total. The lowest BCUT2D eigenvalue weighted by atomic mass is 10.2. The van der Waals surface area contributed by atoms with Crippen LogP contribution in [-0.2, 0) is 19.3 Å². The minimum absolute atomic E-state index is 0.191. The van der Waals surface area contributed by atoms with Crippen LogP contribution in [0.2, 0.25) is 0 Å². The van der Waals surface area contributed by atoms with Gasteiger partial charge in [-0.2, -0.15) is 0 Å². The molecule has 1 saturated heterocycles. The summed E-state index contributed by atoms with van der Waals surface area (Å²) in [6.45, 7) is 4.10. The van der Waals surface area contributed by atoms with Gasteiger partial charge in [0.1, 0.15) is 16.9 Å². The van der Waals surface area contributed by atoms with Crippen LogP contribution in [0.4, 0.5) is 5.82 Å². The number of sulfone groups is 1. The highest BCUT2D eigenvalue weighted by Crippen LogP contribution is 2.53. The van der Waals surface area contributed by atoms with Crippen molar-refractivity contribution in [2.45, 2.75) is 30.6 Å². The SMILES string of the molecule is CC1COCCN1c1cc(C2(S(C)(=O)=O)CC2)n2cnc(Br)c2n1. The zero-order valence-electron chi connectivity index (χ0n) is 13.6. The Kier molecular flexibility index (Phi) is 3.67. The lowest BCUT2D eigenvalue weighted by Crippen LogP contribution is -2.44. The fraction of sp³-hybridized carbons (Fsp3) is 0.600. The van der Waals surface area contributed by atoms with Gasteiger partial charge in [0.15, 0.2) is 20.1 Å². The molecule has 1 aliphatic carbocycles. The Labute approximate surface area is 149 Å². The average Bonchev–Trinajstić information content (AvgIpc) is 3.27. The standard InChI is InChI=1S/C15H19BrN4O3S/c1-10-8-23-6-5-19(10)12-7-11(15(3-4-15)24(2,21)22)20-9-17-13(16)14(20)18-12/h7,9-10H,3-6,8H2,1-2H3. The number of morpholine rings is 1. The fourth-order valence-electron chi connectivity index (χ4n) is 3.43. The van der Waals surface area contributed by atoms with Crippen LogP contribution in [0.5, 0.6) is 0 Å². The maximum Gasteiger partial charge on any atom is 0.173 e. The number of rotatable bonds is 3. The molecule has 2 aromatic rings. The zero-order valence-corrected chi connectivity index (χ0v) is 16.0. The Hall–Kier alpha value is -1.19. The highest BCUT2D eigenvalue weighted by Gasteiger charge is 2.55. The van der Waals surface area contributed by atoms with Crippen molar-refractivity contribution in [2.75, 3.05) is 30.9 Å². The van der Waals surface area contributed by atoms with Crippen LogP contribution < -0.4 is 4.90 Å². The van der Waals surface area contributed by atoms with Crippen LogP contribution in [-0.4, -0.2) is 54.8 Å². The van der Waals surface area contributed by atoms with Crippen molar-refractivity contribution in [1.82, 2.24) is 14.4 Å². The van der Waals surface area contributed by atoms with Gasteiger partial charge in [0.25, 0.3) is 0 Å². The monoisotopic (exact) mass is 414 g/mol. The van der Waals surface area contributed by atoms with Crippen molar-refractivity contribution < 1.29 is 13.2 Å². The zero-order chi connectivity index (χ0) is 17.1. The maximum absolute atomic E-state index is 12.4. The van der Waals surface area contributed by atoms with E-state index in [1.54, 1.807) is 10.7 Å². The van der Waals surface area contributed by atoms with Crippen molar-refractivity contribution in [3.05, 3.63) is 22.7 Å². The van der Waals surface area contributed by atoms with Gasteiger partial charge >= 0.3 is 0 Å². The number of aromatic nitrogens is 3. The minimum atomic E-state index is -3.22. The van der Waals surface area contributed by atoms with E-state index in [0.29, 0.717) is 36.3 Å². The first kappa shape index (κ1) is 16.3. The van der Waals surface area contributed by atoms with Gasteiger partial charge in [0.05, 0.1) is 24.9 Å². The molecule has 4 rings (SSSR count). The first-order chi connectivity index (χ1) is 11.3. The molecule has 2 aliphatic rings. The molecule has 2 fully saturated rings. The van der Waals surface area contributed by atoms with E-state index in [9.17, 15) is 8.42 Å². The summed E-state index contributed by atoms with van der Waals surface area (Å²) < 4.78 is 31.9. The van der Waals surface area contributed by atoms with Gasteiger partial charge in [-0.1, -0.05) is 0 Å². The van der Waals surface area contributed by atoms with Gasteiger partial charge in [-0.25, -0.2) is 18.4 Å². The number of hydrogen-bond donors (Lipinski definition) is 0. The number of nitrogens with zero attached hydrogens (tertiary/aromatic N) is 4. The van der Waals surface area contributed by atoms with Crippen LogP contribution >= 0.6 is 15.9 Å². The summed E-state index contributed by atoms with van der Waals surface area (Å²) in [7, 11) is -3.22. The summed E-state index contributed by atoms with van der Waals surface area (Å²) in [5.74, 6) is 0.782. The third kappa shape index (κ3) is 2.36. The molecule has 0 amide bonds. The van der Waals surface area contributed by atoms with Crippen LogP contribution in [0, 0.1) is 0 Å². The van der Waals surface area contributed by atoms with Crippen LogP contribution in [0.1, 0.15) is 25.5 Å². The van der Waals surface area contributed by atoms with Gasteiger partial charge in [0.2, 0.25) is 0 Å². The molecule has 1 atom stereocenters. The predicted octanol–water partition coefficient (Wildman–Crippen LogP) is 1.75. The van der Waals surface area contributed by atoms with Gasteiger partial charge in [0, 0.05) is 18.9 Å². The van der Waals surface area contributed by atoms with Crippen molar-refractivity contribution in [3.63, 3.8) is 0 Å². The number of halogens is 1. The molecule has 0 aromatic carbocycles. The summed E-state index contributed by atoms with van der Waals surface area (Å²) in [4.78, 5) is 11.2. The molecule has 3 heterocycles. The molecule has 2 aromatic heterocycles. The van der Waals surface area contributed by atoms with Gasteiger partial charge in [-0.05, 0) is 35.7 Å². The smallest absolute Gasteiger partial charge is 0.173 e. The Morgan fingerprint density at radius 2 is 2.17 bits per heavy atom. The van der Waals surface area contributed by atoms with E-state index >= 15 is 0 Å². The van der Waals surface area contributed by atoms with E-state index in [1.807, 2.05) is 6.07 Å². The topological polar surface area (TPSA) is 76.8 Å². The van der Waals surface area contributed by atoms with Gasteiger partial charge in [-0.15, -0.1) is 0 Å². The molecule has 1 aliphatic heterocycles. The van der Waals surface area contributed by atoms with E-state index in [2.05, 4.69) is 32.7 Å². The Balaban J connectivity index is 1.93. The number of fused-ring (bicyclic) bond motifs is 1. The van der Waals surface area contributed by atoms with E-state index < -0.39 is 14.6 Å². The van der Waals surface area contributed by atoms with E-state index in [1.165, 1.54) is 6.26 Å². The largest absolute Gasteiger partial charge is 0.377 e. The van der Waals surface area contributed by atoms with Crippen LogP contribution in [0.15, 0.2) is 17.0 Å². The van der Waals surface area contributed by atoms with Gasteiger partial charge < -0.3 is 9.64 Å². The minimum Gasteiger partial charge on any atom is -0.377 e. The molecular formula is C15H19BrN4O3S. The third-order valence-electron chi connectivity index (χ3n) is 4.99. The van der Waals surface area contributed by atoms with Crippen LogP contribution in [0.25, 0.3) is 5.65 Å². The first-order valence-electron chi connectivity index (χ1n) is 7.91. The molecular weight excluding hydrogens is 396 g/mol. The molecule has 130 valence electrons. The lowest BCUT2D eigenvalue weighted by Gasteiger charge is -2.34. The molecule has 0 spiro atoms. The maximum atomic E-state index is 12.4. The Bertz CT molecular complexity index is 907. The van der Waals surface area contributed by atoms with Crippen molar-refractivity contribution in [2.24, 2.45) is 0 Å². The number of imidazole rings is 1. The van der Waals surface area contributed by atoms with Crippen LogP contribution in [0.3, 0.4) is 0 Å². The molecule has 0 radical (unpaired) electrons. The van der Waals surface area contributed by atoms with E-state index in [0.717, 1.165) is 18.1 Å². The highest BCUT2D eigenvalue weighted by atomic mass is 79.9. The molecule has 0 bridgehead atoms. The fourth-order valence-corrected chi connectivity index (χ4v) is 5.18. The highest BCUT2D eigenvalue weighted by molar-refractivity contribution is 9.10. The summed E-state index contributed by atoms with van der Waals surface area (Å²) in [5.41, 5.74) is 1.40. The molecule has 1 saturated carbocycles. The Morgan fingerprint density at radius 1 is 1.42 bits per heavy atom. The predicted molar refractivity (Wildman–Crippen MR) is 94.1 cm³/mol. The van der Waals surface area contributed by atoms with E-state index in [4.69, 9.17) is 9.72 Å². The summed E-state index contributed by atoms with van der Waals surface area (Å²) >= 11 is 3.42. The first-order valence-corrected chi connectivity index (χ1v) is 10.6. The van der Waals surface area contributed by atoms with Crippen molar-refractivity contribution in [3.8, 4) is 0 Å². The number of hydrogen-bond acceptors (Lipinski definition) is 6. The summed E-state index contributed by atoms with van der Waals surface area (Å²) in [5, 5.41) is 0. The molecule has 9 heteroatoms. The Morgan fingerprint density at radius 3 is 2.79 bits per heavy atom. The number of anilines is 1. The second-order valence-corrected chi connectivity index (χ2v) is 9.69. The second kappa shape index (κ2) is 5.40. The summed E-state index contributed by atoms with van der Waals surface area (Å²) in [6.07, 6.45) is 4.23. The van der Waals surface area contributed by atoms with E-state index in [-0.39, 0.29) is 6.04 Å². The quantitative estimate of drug-likeness (QED) is 0.761. The van der Waals surface area contributed by atoms with Crippen molar-refractivity contribution >= 4 is 37.2 Å². The van der Waals surface area contributed by atoms with Crippen molar-refractivity contribution in [1.29, 1.82) is 0 Å². The van der Waals surface area contributed by atoms with Gasteiger partial charge in [-0.3, -0.25) is 4.40 Å². The normalized spacial score (nSPS) is 23.6. The number of ether oxygens (including phenoxy) is 1. The summed E-state index contributed by atoms with van der Waals surface area (Å²) in [6, 6.07) is 2.11. The molecule has 24 heavy (non-hydrogen) atoms. The lowest BCUT2D eigenvalue weighted by molar-refractivity contribution is 0.0985. The second-order valence-electron chi connectivity index (χ2n) is 6.61.